The Kier molecular flexibility index (Phi) is 6.53. The average molecular weight is 272 g/mol. The minimum atomic E-state index is -0.482. The fraction of sp³-hybridized carbons (Fsp3) is 0.417. The van der Waals surface area contributed by atoms with Gasteiger partial charge in [0.25, 0.3) is 0 Å². The lowest BCUT2D eigenvalue weighted by molar-refractivity contribution is -0.115. The number of nitrogens with two attached hydrogens (primary N) is 1. The van der Waals surface area contributed by atoms with Crippen LogP contribution >= 0.6 is 11.8 Å². The minimum Gasteiger partial charge on any atom is -0.399 e. The van der Waals surface area contributed by atoms with Gasteiger partial charge in [0.05, 0.1) is 12.3 Å². The van der Waals surface area contributed by atoms with Gasteiger partial charge in [-0.1, -0.05) is 0 Å². The first-order valence-corrected chi connectivity index (χ1v) is 6.70. The van der Waals surface area contributed by atoms with Gasteiger partial charge >= 0.3 is 0 Å². The predicted molar refractivity (Wildman–Crippen MR) is 73.3 cm³/mol. The van der Waals surface area contributed by atoms with Gasteiger partial charge in [0.2, 0.25) is 5.91 Å². The Hall–Kier alpha value is -1.27. The van der Waals surface area contributed by atoms with Crippen LogP contribution in [0.3, 0.4) is 0 Å². The van der Waals surface area contributed by atoms with Crippen molar-refractivity contribution in [3.8, 4) is 0 Å². The first-order valence-electron chi connectivity index (χ1n) is 5.55. The Labute approximate surface area is 110 Å². The van der Waals surface area contributed by atoms with Crippen LogP contribution in [0.2, 0.25) is 0 Å². The Balaban J connectivity index is 2.33. The zero-order chi connectivity index (χ0) is 13.4. The molecule has 0 bridgehead atoms. The number of thioether (sulfide) groups is 1. The number of amides is 1. The summed E-state index contributed by atoms with van der Waals surface area (Å²) in [5.41, 5.74) is 6.07. The van der Waals surface area contributed by atoms with Crippen LogP contribution in [0, 0.1) is 5.82 Å². The maximum absolute atomic E-state index is 13.3. The quantitative estimate of drug-likeness (QED) is 0.589. The van der Waals surface area contributed by atoms with Crippen LogP contribution in [0.4, 0.5) is 15.8 Å². The van der Waals surface area contributed by atoms with E-state index in [1.54, 1.807) is 18.9 Å². The van der Waals surface area contributed by atoms with Gasteiger partial charge in [0.1, 0.15) is 5.82 Å². The summed E-state index contributed by atoms with van der Waals surface area (Å²) in [6.07, 6.45) is 0.336. The third-order valence-electron chi connectivity index (χ3n) is 2.17. The van der Waals surface area contributed by atoms with E-state index in [-0.39, 0.29) is 11.6 Å². The SMILES string of the molecule is COCCSCCC(=O)Nc1cc(N)ccc1F. The number of halogens is 1. The van der Waals surface area contributed by atoms with E-state index in [1.807, 2.05) is 0 Å². The Morgan fingerprint density at radius 3 is 3.00 bits per heavy atom. The highest BCUT2D eigenvalue weighted by Crippen LogP contribution is 2.17. The molecule has 0 unspecified atom stereocenters. The maximum atomic E-state index is 13.3. The molecule has 0 aromatic heterocycles. The molecule has 0 saturated heterocycles. The molecular formula is C12H17FN2O2S. The molecule has 4 nitrogen and oxygen atoms in total. The number of anilines is 2. The van der Waals surface area contributed by atoms with Crippen LogP contribution < -0.4 is 11.1 Å². The summed E-state index contributed by atoms with van der Waals surface area (Å²) >= 11 is 1.62. The van der Waals surface area contributed by atoms with Gasteiger partial charge in [0, 0.05) is 30.7 Å². The van der Waals surface area contributed by atoms with Crippen LogP contribution in [0.15, 0.2) is 18.2 Å². The summed E-state index contributed by atoms with van der Waals surface area (Å²) in [4.78, 5) is 11.5. The molecule has 3 N–H and O–H groups in total. The molecule has 1 aromatic carbocycles. The predicted octanol–water partition coefficient (Wildman–Crippen LogP) is 2.12. The molecule has 0 atom stereocenters. The van der Waals surface area contributed by atoms with E-state index in [4.69, 9.17) is 10.5 Å². The van der Waals surface area contributed by atoms with Crippen molar-refractivity contribution in [1.82, 2.24) is 0 Å². The maximum Gasteiger partial charge on any atom is 0.225 e. The number of rotatable bonds is 7. The van der Waals surface area contributed by atoms with E-state index in [0.717, 1.165) is 5.75 Å². The molecule has 0 heterocycles. The largest absolute Gasteiger partial charge is 0.399 e. The Morgan fingerprint density at radius 1 is 1.50 bits per heavy atom. The third-order valence-corrected chi connectivity index (χ3v) is 3.12. The van der Waals surface area contributed by atoms with Crippen molar-refractivity contribution in [1.29, 1.82) is 0 Å². The Morgan fingerprint density at radius 2 is 2.28 bits per heavy atom. The molecule has 0 radical (unpaired) electrons. The molecule has 0 spiro atoms. The van der Waals surface area contributed by atoms with Gasteiger partial charge in [-0.3, -0.25) is 4.79 Å². The molecule has 100 valence electrons. The van der Waals surface area contributed by atoms with E-state index >= 15 is 0 Å². The van der Waals surface area contributed by atoms with E-state index in [2.05, 4.69) is 5.32 Å². The van der Waals surface area contributed by atoms with Gasteiger partial charge < -0.3 is 15.8 Å². The standard InChI is InChI=1S/C12H17FN2O2S/c1-17-5-7-18-6-4-12(16)15-11-8-9(14)2-3-10(11)13/h2-3,8H,4-7,14H2,1H3,(H,15,16). The molecule has 1 amide bonds. The highest BCUT2D eigenvalue weighted by atomic mass is 32.2. The number of carbonyl (C=O) groups excluding carboxylic acids is 1. The first-order chi connectivity index (χ1) is 8.63. The van der Waals surface area contributed by atoms with E-state index in [1.165, 1.54) is 18.2 Å². The van der Waals surface area contributed by atoms with Crippen LogP contribution in [0.25, 0.3) is 0 Å². The molecule has 0 aliphatic carbocycles. The molecule has 1 rings (SSSR count). The van der Waals surface area contributed by atoms with Crippen molar-refractivity contribution in [2.75, 3.05) is 36.3 Å². The van der Waals surface area contributed by atoms with Gasteiger partial charge in [-0.15, -0.1) is 0 Å². The second-order valence-electron chi connectivity index (χ2n) is 3.64. The van der Waals surface area contributed by atoms with Crippen molar-refractivity contribution in [3.63, 3.8) is 0 Å². The van der Waals surface area contributed by atoms with E-state index < -0.39 is 5.82 Å². The summed E-state index contributed by atoms with van der Waals surface area (Å²) in [7, 11) is 1.63. The molecule has 0 aliphatic heterocycles. The van der Waals surface area contributed by atoms with Crippen molar-refractivity contribution in [3.05, 3.63) is 24.0 Å². The molecule has 6 heteroatoms. The lowest BCUT2D eigenvalue weighted by Gasteiger charge is -2.07. The zero-order valence-corrected chi connectivity index (χ0v) is 11.1. The normalized spacial score (nSPS) is 10.3. The number of nitrogens with one attached hydrogen (secondary N) is 1. The number of benzene rings is 1. The molecular weight excluding hydrogens is 255 g/mol. The number of carbonyl (C=O) groups is 1. The fourth-order valence-corrected chi connectivity index (χ4v) is 2.08. The van der Waals surface area contributed by atoms with Crippen LogP contribution in [0.5, 0.6) is 0 Å². The third kappa shape index (κ3) is 5.37. The summed E-state index contributed by atoms with van der Waals surface area (Å²) in [6.45, 7) is 0.663. The number of hydrogen-bond donors (Lipinski definition) is 2. The molecule has 0 aliphatic rings. The fourth-order valence-electron chi connectivity index (χ4n) is 1.26. The van der Waals surface area contributed by atoms with Crippen molar-refractivity contribution in [2.45, 2.75) is 6.42 Å². The average Bonchev–Trinajstić information content (AvgIpc) is 2.33. The van der Waals surface area contributed by atoms with Gasteiger partial charge in [0.15, 0.2) is 0 Å². The first kappa shape index (κ1) is 14.8. The highest BCUT2D eigenvalue weighted by Gasteiger charge is 2.07. The van der Waals surface area contributed by atoms with Crippen LogP contribution in [-0.2, 0) is 9.53 Å². The van der Waals surface area contributed by atoms with Gasteiger partial charge in [-0.2, -0.15) is 11.8 Å². The van der Waals surface area contributed by atoms with E-state index in [9.17, 15) is 9.18 Å². The molecule has 0 saturated carbocycles. The van der Waals surface area contributed by atoms with Gasteiger partial charge in [-0.25, -0.2) is 4.39 Å². The lowest BCUT2D eigenvalue weighted by atomic mass is 10.2. The summed E-state index contributed by atoms with van der Waals surface area (Å²) in [5.74, 6) is 0.823. The number of nitrogen functional groups attached to an aromatic ring is 1. The summed E-state index contributed by atoms with van der Waals surface area (Å²) in [6, 6.07) is 4.09. The van der Waals surface area contributed by atoms with E-state index in [0.29, 0.717) is 24.5 Å². The monoisotopic (exact) mass is 272 g/mol. The van der Waals surface area contributed by atoms with Crippen molar-refractivity contribution < 1.29 is 13.9 Å². The van der Waals surface area contributed by atoms with Crippen molar-refractivity contribution in [2.24, 2.45) is 0 Å². The minimum absolute atomic E-state index is 0.127. The van der Waals surface area contributed by atoms with Crippen LogP contribution in [0.1, 0.15) is 6.42 Å². The highest BCUT2D eigenvalue weighted by molar-refractivity contribution is 7.99. The zero-order valence-electron chi connectivity index (χ0n) is 10.2. The number of methoxy groups -OCH3 is 1. The topological polar surface area (TPSA) is 64.3 Å². The van der Waals surface area contributed by atoms with Crippen molar-refractivity contribution >= 4 is 29.0 Å². The molecule has 18 heavy (non-hydrogen) atoms. The number of hydrogen-bond acceptors (Lipinski definition) is 4. The number of ether oxygens (including phenoxy) is 1. The van der Waals surface area contributed by atoms with Gasteiger partial charge in [-0.05, 0) is 18.2 Å². The summed E-state index contributed by atoms with van der Waals surface area (Å²) < 4.78 is 18.2. The second-order valence-corrected chi connectivity index (χ2v) is 4.87. The second kappa shape index (κ2) is 7.94. The van der Waals surface area contributed by atoms with Crippen LogP contribution in [-0.4, -0.2) is 31.1 Å². The Bertz CT molecular complexity index is 402. The lowest BCUT2D eigenvalue weighted by Crippen LogP contribution is -2.13. The molecule has 1 aromatic rings. The molecule has 0 fully saturated rings. The smallest absolute Gasteiger partial charge is 0.225 e. The summed E-state index contributed by atoms with van der Waals surface area (Å²) in [5, 5.41) is 2.50.